The third-order valence-corrected chi connectivity index (χ3v) is 21.0. The lowest BCUT2D eigenvalue weighted by molar-refractivity contribution is -0.00644. The maximum atomic E-state index is 9.35. The maximum Gasteiger partial charge on any atom is 0.143 e. The minimum Gasteiger partial charge on any atom is -0.394 e. The molecule has 1 aliphatic rings. The summed E-state index contributed by atoms with van der Waals surface area (Å²) in [6, 6.07) is 156. The second kappa shape index (κ2) is 48.2. The van der Waals surface area contributed by atoms with Crippen LogP contribution in [0.25, 0.3) is 0 Å². The van der Waals surface area contributed by atoms with Crippen LogP contribution in [0, 0.1) is 0 Å². The Morgan fingerprint density at radius 1 is 0.183 bits per heavy atom. The number of aliphatic hydroxyl groups is 1. The van der Waals surface area contributed by atoms with Gasteiger partial charge in [0.1, 0.15) is 28.0 Å². The summed E-state index contributed by atoms with van der Waals surface area (Å²) < 4.78 is 37.4. The third kappa shape index (κ3) is 22.5. The number of aliphatic hydroxyl groups excluding tert-OH is 1. The molecule has 120 heavy (non-hydrogen) atoms. The van der Waals surface area contributed by atoms with Crippen LogP contribution in [0.2, 0.25) is 0 Å². The van der Waals surface area contributed by atoms with Crippen LogP contribution in [-0.2, 0) is 56.4 Å². The van der Waals surface area contributed by atoms with Crippen LogP contribution in [0.4, 0.5) is 0 Å². The minimum absolute atomic E-state index is 0.0196. The van der Waals surface area contributed by atoms with Gasteiger partial charge in [-0.15, -0.1) is 0 Å². The van der Waals surface area contributed by atoms with E-state index >= 15 is 0 Å². The molecule has 7 heteroatoms. The number of rotatable bonds is 30. The van der Waals surface area contributed by atoms with E-state index in [0.717, 1.165) is 122 Å². The Balaban J connectivity index is 0.000000144. The molecule has 1 saturated heterocycles. The van der Waals surface area contributed by atoms with E-state index in [2.05, 4.69) is 355 Å². The number of ether oxygens (including phenoxy) is 6. The molecule has 610 valence electrons. The number of hydrogen-bond donors (Lipinski definition) is 1. The Hall–Kier alpha value is -12.0. The number of hydrogen-bond acceptors (Lipinski definition) is 7. The molecule has 1 heterocycles. The van der Waals surface area contributed by atoms with Gasteiger partial charge in [-0.1, -0.05) is 483 Å². The predicted octanol–water partition coefficient (Wildman–Crippen LogP) is 26.4. The lowest BCUT2D eigenvalue weighted by Crippen LogP contribution is -2.33. The smallest absolute Gasteiger partial charge is 0.143 e. The van der Waals surface area contributed by atoms with Gasteiger partial charge in [0, 0.05) is 39.6 Å². The first-order chi connectivity index (χ1) is 59.4. The summed E-state index contributed by atoms with van der Waals surface area (Å²) in [7, 11) is 0. The molecule has 1 aliphatic heterocycles. The lowest BCUT2D eigenvalue weighted by atomic mass is 9.80. The van der Waals surface area contributed by atoms with Crippen LogP contribution in [0.1, 0.15) is 150 Å². The first-order valence-corrected chi connectivity index (χ1v) is 42.6. The van der Waals surface area contributed by atoms with Gasteiger partial charge in [-0.3, -0.25) is 0 Å². The molecular weight excluding hydrogens is 1470 g/mol. The quantitative estimate of drug-likeness (QED) is 0.0450. The molecule has 16 rings (SSSR count). The summed E-state index contributed by atoms with van der Waals surface area (Å²) in [6.07, 6.45) is 6.48. The van der Waals surface area contributed by atoms with Crippen molar-refractivity contribution < 1.29 is 33.5 Å². The van der Waals surface area contributed by atoms with E-state index < -0.39 is 28.0 Å². The van der Waals surface area contributed by atoms with E-state index in [9.17, 15) is 5.11 Å². The van der Waals surface area contributed by atoms with Crippen molar-refractivity contribution in [1.29, 1.82) is 0 Å². The molecule has 0 aromatic heterocycles. The molecule has 0 amide bonds. The number of benzene rings is 15. The average molecular weight is 1590 g/mol. The Morgan fingerprint density at radius 2 is 0.292 bits per heavy atom. The third-order valence-electron chi connectivity index (χ3n) is 21.0. The summed E-state index contributed by atoms with van der Waals surface area (Å²) in [6.45, 7) is 13.6. The van der Waals surface area contributed by atoms with Gasteiger partial charge in [0.2, 0.25) is 0 Å². The van der Waals surface area contributed by atoms with Crippen molar-refractivity contribution in [3.63, 3.8) is 0 Å². The fraction of sp³-hybridized carbons (Fsp3) is 0.204. The summed E-state index contributed by atoms with van der Waals surface area (Å²) >= 11 is 0. The van der Waals surface area contributed by atoms with E-state index in [1.165, 1.54) is 12.8 Å². The van der Waals surface area contributed by atoms with Gasteiger partial charge in [0.25, 0.3) is 0 Å². The van der Waals surface area contributed by atoms with Crippen molar-refractivity contribution >= 4 is 0 Å². The van der Waals surface area contributed by atoms with E-state index in [-0.39, 0.29) is 13.2 Å². The lowest BCUT2D eigenvalue weighted by Gasteiger charge is -2.36. The van der Waals surface area contributed by atoms with Gasteiger partial charge in [0.05, 0.1) is 13.2 Å². The molecule has 0 saturated carbocycles. The summed E-state index contributed by atoms with van der Waals surface area (Å²) in [5.74, 6) is 0. The van der Waals surface area contributed by atoms with Gasteiger partial charge >= 0.3 is 0 Å². The highest BCUT2D eigenvalue weighted by molar-refractivity contribution is 5.53. The van der Waals surface area contributed by atoms with Gasteiger partial charge in [-0.2, -0.15) is 0 Å². The van der Waals surface area contributed by atoms with Crippen LogP contribution in [0.3, 0.4) is 0 Å². The normalized spacial score (nSPS) is 11.9. The molecule has 0 unspecified atom stereocenters. The highest BCUT2D eigenvalue weighted by Crippen LogP contribution is 2.46. The Kier molecular flexibility index (Phi) is 35.7. The van der Waals surface area contributed by atoms with Crippen LogP contribution >= 0.6 is 0 Å². The van der Waals surface area contributed by atoms with Crippen molar-refractivity contribution in [2.45, 2.75) is 94.2 Å². The SMILES string of the molecule is C1CCOC1.CCCOC(c1ccccc1)(c1ccccc1)c1ccccc1.CCCOC(c1ccccc1)(c1ccccc1)c1ccccc1.CCCOC(c1ccccc1)(c1ccccc1)c1ccccc1.CCCOC(c1ccccc1)(c1ccccc1)c1ccccc1.OCCOC(c1ccccc1)(c1ccccc1)c1ccccc1. The molecule has 7 nitrogen and oxygen atoms in total. The average Bonchev–Trinajstić information content (AvgIpc) is 0.806. The van der Waals surface area contributed by atoms with Crippen LogP contribution < -0.4 is 0 Å². The minimum atomic E-state index is -0.730. The molecule has 0 bridgehead atoms. The van der Waals surface area contributed by atoms with E-state index in [1.807, 2.05) is 127 Å². The molecule has 0 radical (unpaired) electrons. The van der Waals surface area contributed by atoms with Gasteiger partial charge in [-0.05, 0) is 122 Å². The molecule has 0 aliphatic carbocycles. The summed E-state index contributed by atoms with van der Waals surface area (Å²) in [5.41, 5.74) is 14.0. The van der Waals surface area contributed by atoms with E-state index in [4.69, 9.17) is 28.4 Å². The van der Waals surface area contributed by atoms with Crippen molar-refractivity contribution in [3.8, 4) is 0 Å². The zero-order valence-corrected chi connectivity index (χ0v) is 70.1. The first-order valence-electron chi connectivity index (χ1n) is 42.6. The van der Waals surface area contributed by atoms with E-state index in [0.29, 0.717) is 26.4 Å². The molecule has 0 atom stereocenters. The second-order valence-electron chi connectivity index (χ2n) is 29.2. The van der Waals surface area contributed by atoms with Crippen LogP contribution in [-0.4, -0.2) is 58.0 Å². The molecule has 15 aromatic rings. The van der Waals surface area contributed by atoms with Crippen molar-refractivity contribution in [1.82, 2.24) is 0 Å². The first kappa shape index (κ1) is 88.8. The highest BCUT2D eigenvalue weighted by Gasteiger charge is 2.42. The Labute approximate surface area is 714 Å². The highest BCUT2D eigenvalue weighted by atomic mass is 16.5. The molecular formula is C113H116O7. The Bertz CT molecular complexity index is 3890. The van der Waals surface area contributed by atoms with Gasteiger partial charge in [-0.25, -0.2) is 0 Å². The summed E-state index contributed by atoms with van der Waals surface area (Å²) in [5, 5.41) is 9.35. The fourth-order valence-electron chi connectivity index (χ4n) is 15.6. The maximum absolute atomic E-state index is 9.35. The van der Waals surface area contributed by atoms with Crippen molar-refractivity contribution in [2.24, 2.45) is 0 Å². The predicted molar refractivity (Wildman–Crippen MR) is 494 cm³/mol. The zero-order chi connectivity index (χ0) is 83.3. The largest absolute Gasteiger partial charge is 0.394 e. The Morgan fingerprint density at radius 3 is 0.375 bits per heavy atom. The zero-order valence-electron chi connectivity index (χ0n) is 70.1. The molecule has 15 aromatic carbocycles. The van der Waals surface area contributed by atoms with Crippen LogP contribution in [0.15, 0.2) is 455 Å². The molecule has 1 N–H and O–H groups in total. The molecule has 0 spiro atoms. The topological polar surface area (TPSA) is 75.6 Å². The summed E-state index contributed by atoms with van der Waals surface area (Å²) in [4.78, 5) is 0. The standard InChI is InChI=1S/4C22H22O.C21H20O2.C4H8O/c4*1-2-18-23-22(19-12-6-3-7-13-19,20-14-8-4-9-15-20)21-16-10-5-11-17-21;22-16-17-23-21(18-10-4-1-5-11-18,19-12-6-2-7-13-19)20-14-8-3-9-15-20;1-2-4-5-3-1/h4*3-17H,2,18H2,1H3;1-15,22H,16-17H2;1-4H2. The second-order valence-corrected chi connectivity index (χ2v) is 29.2. The van der Waals surface area contributed by atoms with Crippen LogP contribution in [0.5, 0.6) is 0 Å². The van der Waals surface area contributed by atoms with Crippen molar-refractivity contribution in [3.05, 3.63) is 538 Å². The molecule has 1 fully saturated rings. The monoisotopic (exact) mass is 1580 g/mol. The fourth-order valence-corrected chi connectivity index (χ4v) is 15.6. The van der Waals surface area contributed by atoms with Crippen molar-refractivity contribution in [2.75, 3.05) is 52.9 Å². The van der Waals surface area contributed by atoms with Gasteiger partial charge in [0.15, 0.2) is 0 Å². The van der Waals surface area contributed by atoms with E-state index in [1.54, 1.807) is 0 Å². The van der Waals surface area contributed by atoms with Gasteiger partial charge < -0.3 is 33.5 Å².